The largest absolute Gasteiger partial charge is 0.456 e. The van der Waals surface area contributed by atoms with Crippen molar-refractivity contribution in [2.45, 2.75) is 39.7 Å². The zero-order valence-electron chi connectivity index (χ0n) is 20.5. The molecule has 0 saturated heterocycles. The van der Waals surface area contributed by atoms with Gasteiger partial charge in [0.2, 0.25) is 5.91 Å². The number of rotatable bonds is 6. The zero-order chi connectivity index (χ0) is 25.2. The van der Waals surface area contributed by atoms with Crippen molar-refractivity contribution in [3.63, 3.8) is 0 Å². The van der Waals surface area contributed by atoms with Gasteiger partial charge in [-0.05, 0) is 69.2 Å². The van der Waals surface area contributed by atoms with E-state index in [4.69, 9.17) is 4.74 Å². The molecule has 0 aliphatic rings. The summed E-state index contributed by atoms with van der Waals surface area (Å²) >= 11 is 0. The van der Waals surface area contributed by atoms with E-state index in [0.717, 1.165) is 22.0 Å². The molecule has 0 aliphatic carbocycles. The Balaban J connectivity index is 1.49. The second kappa shape index (κ2) is 9.58. The molecule has 0 fully saturated rings. The number of pyridine rings is 1. The Labute approximate surface area is 204 Å². The summed E-state index contributed by atoms with van der Waals surface area (Å²) < 4.78 is 8.02. The van der Waals surface area contributed by atoms with Gasteiger partial charge in [-0.2, -0.15) is 5.10 Å². The summed E-state index contributed by atoms with van der Waals surface area (Å²) in [4.78, 5) is 29.0. The van der Waals surface area contributed by atoms with Crippen LogP contribution in [0.1, 0.15) is 42.3 Å². The maximum atomic E-state index is 12.6. The number of aryl methyl sites for hydroxylation is 1. The van der Waals surface area contributed by atoms with E-state index in [1.807, 2.05) is 56.8 Å². The highest BCUT2D eigenvalue weighted by molar-refractivity contribution is 5.99. The first-order valence-corrected chi connectivity index (χ1v) is 11.4. The highest BCUT2D eigenvalue weighted by atomic mass is 16.5. The molecule has 4 rings (SSSR count). The lowest BCUT2D eigenvalue weighted by Gasteiger charge is -2.18. The highest BCUT2D eigenvalue weighted by Gasteiger charge is 2.15. The fraction of sp³-hybridized carbons (Fsp3) is 0.259. The molecule has 0 saturated carbocycles. The van der Waals surface area contributed by atoms with Crippen LogP contribution in [0.4, 0.5) is 5.69 Å². The average molecular weight is 472 g/mol. The number of hydrogen-bond acceptors (Lipinski definition) is 5. The van der Waals surface area contributed by atoms with E-state index in [1.54, 1.807) is 43.7 Å². The van der Waals surface area contributed by atoms with Gasteiger partial charge in [-0.15, -0.1) is 0 Å². The maximum Gasteiger partial charge on any atom is 0.251 e. The van der Waals surface area contributed by atoms with E-state index in [1.165, 1.54) is 0 Å². The number of aromatic nitrogens is 3. The summed E-state index contributed by atoms with van der Waals surface area (Å²) in [6.07, 6.45) is 5.39. The molecule has 0 unspecified atom stereocenters. The molecule has 2 aromatic carbocycles. The van der Waals surface area contributed by atoms with Crippen LogP contribution in [0.5, 0.6) is 11.5 Å². The Morgan fingerprint density at radius 2 is 1.86 bits per heavy atom. The molecule has 0 radical (unpaired) electrons. The van der Waals surface area contributed by atoms with Crippen molar-refractivity contribution in [2.24, 2.45) is 0 Å². The lowest BCUT2D eigenvalue weighted by atomic mass is 10.1. The molecule has 2 aromatic heterocycles. The summed E-state index contributed by atoms with van der Waals surface area (Å²) in [5, 5.41) is 10.6. The average Bonchev–Trinajstić information content (AvgIpc) is 3.29. The highest BCUT2D eigenvalue weighted by Crippen LogP contribution is 2.31. The first kappa shape index (κ1) is 23.9. The SMILES string of the molecule is CNC(=O)c1ccc2nccc(Oc3ccc(CC(=O)Nc4cnn(C(C)(C)C)c4)cc3C)c2c1. The van der Waals surface area contributed by atoms with E-state index >= 15 is 0 Å². The Hall–Kier alpha value is -4.20. The van der Waals surface area contributed by atoms with Gasteiger partial charge in [-0.25, -0.2) is 0 Å². The molecule has 4 aromatic rings. The van der Waals surface area contributed by atoms with Gasteiger partial charge in [0, 0.05) is 30.4 Å². The van der Waals surface area contributed by atoms with Crippen LogP contribution in [-0.2, 0) is 16.8 Å². The third-order valence-electron chi connectivity index (χ3n) is 5.57. The number of benzene rings is 2. The molecular weight excluding hydrogens is 442 g/mol. The molecular formula is C27H29N5O3. The number of carbonyl (C=O) groups excluding carboxylic acids is 2. The van der Waals surface area contributed by atoms with Gasteiger partial charge in [-0.3, -0.25) is 19.3 Å². The molecule has 180 valence electrons. The minimum atomic E-state index is -0.175. The van der Waals surface area contributed by atoms with Crippen LogP contribution in [0.3, 0.4) is 0 Å². The number of fused-ring (bicyclic) bond motifs is 1. The van der Waals surface area contributed by atoms with Crippen LogP contribution >= 0.6 is 0 Å². The summed E-state index contributed by atoms with van der Waals surface area (Å²) in [7, 11) is 1.59. The Morgan fingerprint density at radius 3 is 2.54 bits per heavy atom. The Morgan fingerprint density at radius 1 is 1.06 bits per heavy atom. The second-order valence-corrected chi connectivity index (χ2v) is 9.39. The van der Waals surface area contributed by atoms with Gasteiger partial charge in [-0.1, -0.05) is 12.1 Å². The van der Waals surface area contributed by atoms with Gasteiger partial charge >= 0.3 is 0 Å². The maximum absolute atomic E-state index is 12.6. The van der Waals surface area contributed by atoms with Crippen LogP contribution in [-0.4, -0.2) is 33.6 Å². The molecule has 8 heteroatoms. The van der Waals surface area contributed by atoms with Crippen molar-refractivity contribution < 1.29 is 14.3 Å². The molecule has 0 spiro atoms. The van der Waals surface area contributed by atoms with Gasteiger partial charge in [0.15, 0.2) is 0 Å². The van der Waals surface area contributed by atoms with Gasteiger partial charge in [0.1, 0.15) is 11.5 Å². The van der Waals surface area contributed by atoms with Crippen molar-refractivity contribution in [2.75, 3.05) is 12.4 Å². The van der Waals surface area contributed by atoms with Crippen LogP contribution in [0.15, 0.2) is 61.1 Å². The van der Waals surface area contributed by atoms with Gasteiger partial charge in [0.25, 0.3) is 5.91 Å². The molecule has 35 heavy (non-hydrogen) atoms. The van der Waals surface area contributed by atoms with Crippen molar-refractivity contribution in [1.82, 2.24) is 20.1 Å². The van der Waals surface area contributed by atoms with Gasteiger partial charge in [0.05, 0.1) is 29.4 Å². The summed E-state index contributed by atoms with van der Waals surface area (Å²) in [5.41, 5.74) is 3.54. The number of ether oxygens (including phenoxy) is 1. The Bertz CT molecular complexity index is 1400. The molecule has 8 nitrogen and oxygen atoms in total. The van der Waals surface area contributed by atoms with Crippen molar-refractivity contribution in [3.05, 3.63) is 77.7 Å². The number of carbonyl (C=O) groups is 2. The third kappa shape index (κ3) is 5.48. The molecule has 0 bridgehead atoms. The third-order valence-corrected chi connectivity index (χ3v) is 5.57. The standard InChI is InChI=1S/C27H29N5O3/c1-17-12-18(13-25(33)31-20-15-30-32(16-20)27(2,3)4)6-9-23(17)35-24-10-11-29-22-8-7-19(14-21(22)24)26(34)28-5/h6-12,14-16H,13H2,1-5H3,(H,28,34)(H,31,33). The molecule has 0 aliphatic heterocycles. The van der Waals surface area contributed by atoms with E-state index in [9.17, 15) is 9.59 Å². The molecule has 0 atom stereocenters. The first-order valence-electron chi connectivity index (χ1n) is 11.4. The summed E-state index contributed by atoms with van der Waals surface area (Å²) in [5.74, 6) is 0.975. The normalized spacial score (nSPS) is 11.3. The lowest BCUT2D eigenvalue weighted by molar-refractivity contribution is -0.115. The van der Waals surface area contributed by atoms with Crippen LogP contribution in [0, 0.1) is 6.92 Å². The van der Waals surface area contributed by atoms with E-state index < -0.39 is 0 Å². The summed E-state index contributed by atoms with van der Waals surface area (Å²) in [6, 6.07) is 12.7. The lowest BCUT2D eigenvalue weighted by Crippen LogP contribution is -2.22. The van der Waals surface area contributed by atoms with E-state index in [0.29, 0.717) is 22.7 Å². The van der Waals surface area contributed by atoms with E-state index in [-0.39, 0.29) is 23.8 Å². The van der Waals surface area contributed by atoms with Gasteiger partial charge < -0.3 is 15.4 Å². The van der Waals surface area contributed by atoms with Crippen molar-refractivity contribution in [3.8, 4) is 11.5 Å². The monoisotopic (exact) mass is 471 g/mol. The van der Waals surface area contributed by atoms with E-state index in [2.05, 4.69) is 20.7 Å². The van der Waals surface area contributed by atoms with Crippen molar-refractivity contribution in [1.29, 1.82) is 0 Å². The van der Waals surface area contributed by atoms with Crippen LogP contribution in [0.2, 0.25) is 0 Å². The smallest absolute Gasteiger partial charge is 0.251 e. The number of hydrogen-bond donors (Lipinski definition) is 2. The molecule has 2 amide bonds. The minimum absolute atomic E-state index is 0.117. The summed E-state index contributed by atoms with van der Waals surface area (Å²) in [6.45, 7) is 8.08. The predicted molar refractivity (Wildman–Crippen MR) is 136 cm³/mol. The first-order chi connectivity index (χ1) is 16.6. The quantitative estimate of drug-likeness (QED) is 0.420. The number of nitrogens with zero attached hydrogens (tertiary/aromatic N) is 3. The molecule has 2 heterocycles. The van der Waals surface area contributed by atoms with Crippen LogP contribution in [0.25, 0.3) is 10.9 Å². The number of nitrogens with one attached hydrogen (secondary N) is 2. The Kier molecular flexibility index (Phi) is 6.55. The fourth-order valence-corrected chi connectivity index (χ4v) is 3.69. The van der Waals surface area contributed by atoms with Crippen molar-refractivity contribution >= 4 is 28.4 Å². The second-order valence-electron chi connectivity index (χ2n) is 9.39. The topological polar surface area (TPSA) is 98.1 Å². The number of amides is 2. The molecule has 2 N–H and O–H groups in total. The number of anilines is 1. The van der Waals surface area contributed by atoms with Crippen LogP contribution < -0.4 is 15.4 Å². The predicted octanol–water partition coefficient (Wildman–Crippen LogP) is 4.83. The fourth-order valence-electron chi connectivity index (χ4n) is 3.69. The zero-order valence-corrected chi connectivity index (χ0v) is 20.5. The minimum Gasteiger partial charge on any atom is -0.456 e.